The van der Waals surface area contributed by atoms with Gasteiger partial charge in [0, 0.05) is 12.6 Å². The largest absolute Gasteiger partial charge is 0.326 e. The highest BCUT2D eigenvalue weighted by molar-refractivity contribution is 7.92. The topological polar surface area (TPSA) is 75.3 Å². The fourth-order valence-electron chi connectivity index (χ4n) is 2.22. The van der Waals surface area contributed by atoms with Gasteiger partial charge >= 0.3 is 0 Å². The SMILES string of the molecule is CC(=O)Nc1ccc(S(=O)(=O)Nc2ccccc2C(C)C)cc1. The van der Waals surface area contributed by atoms with Gasteiger partial charge in [-0.05, 0) is 41.8 Å². The van der Waals surface area contributed by atoms with Crippen molar-refractivity contribution in [2.75, 3.05) is 10.0 Å². The minimum atomic E-state index is -3.68. The highest BCUT2D eigenvalue weighted by Gasteiger charge is 2.16. The third-order valence-corrected chi connectivity index (χ3v) is 4.69. The van der Waals surface area contributed by atoms with Crippen molar-refractivity contribution in [3.8, 4) is 0 Å². The summed E-state index contributed by atoms with van der Waals surface area (Å²) >= 11 is 0. The van der Waals surface area contributed by atoms with E-state index in [0.29, 0.717) is 11.4 Å². The molecule has 0 heterocycles. The van der Waals surface area contributed by atoms with Gasteiger partial charge in [-0.1, -0.05) is 32.0 Å². The van der Waals surface area contributed by atoms with Crippen LogP contribution < -0.4 is 10.0 Å². The van der Waals surface area contributed by atoms with Gasteiger partial charge in [-0.25, -0.2) is 8.42 Å². The quantitative estimate of drug-likeness (QED) is 0.879. The van der Waals surface area contributed by atoms with E-state index in [1.54, 1.807) is 24.3 Å². The minimum Gasteiger partial charge on any atom is -0.326 e. The first-order valence-corrected chi connectivity index (χ1v) is 8.77. The van der Waals surface area contributed by atoms with Gasteiger partial charge in [0.25, 0.3) is 10.0 Å². The van der Waals surface area contributed by atoms with Crippen LogP contribution >= 0.6 is 0 Å². The molecule has 2 aromatic rings. The second-order valence-corrected chi connectivity index (χ2v) is 7.24. The maximum atomic E-state index is 12.5. The van der Waals surface area contributed by atoms with Crippen molar-refractivity contribution in [2.45, 2.75) is 31.6 Å². The van der Waals surface area contributed by atoms with E-state index in [9.17, 15) is 13.2 Å². The number of benzene rings is 2. The zero-order valence-corrected chi connectivity index (χ0v) is 14.1. The van der Waals surface area contributed by atoms with Crippen LogP contribution in [-0.2, 0) is 14.8 Å². The zero-order valence-electron chi connectivity index (χ0n) is 13.3. The number of hydrogen-bond acceptors (Lipinski definition) is 3. The first-order valence-electron chi connectivity index (χ1n) is 7.29. The molecular formula is C17H20N2O3S. The molecule has 5 nitrogen and oxygen atoms in total. The number of nitrogens with one attached hydrogen (secondary N) is 2. The molecule has 6 heteroatoms. The molecule has 2 aromatic carbocycles. The molecule has 0 fully saturated rings. The normalized spacial score (nSPS) is 11.3. The van der Waals surface area contributed by atoms with Crippen LogP contribution in [0.3, 0.4) is 0 Å². The van der Waals surface area contributed by atoms with Gasteiger partial charge < -0.3 is 5.32 Å². The number of hydrogen-bond donors (Lipinski definition) is 2. The maximum Gasteiger partial charge on any atom is 0.261 e. The smallest absolute Gasteiger partial charge is 0.261 e. The van der Waals surface area contributed by atoms with Crippen molar-refractivity contribution in [1.29, 1.82) is 0 Å². The van der Waals surface area contributed by atoms with Crippen LogP contribution in [0, 0.1) is 0 Å². The highest BCUT2D eigenvalue weighted by atomic mass is 32.2. The lowest BCUT2D eigenvalue weighted by atomic mass is 10.0. The lowest BCUT2D eigenvalue weighted by Gasteiger charge is -2.15. The minimum absolute atomic E-state index is 0.144. The number of carbonyl (C=O) groups excluding carboxylic acids is 1. The Labute approximate surface area is 136 Å². The molecule has 0 saturated carbocycles. The van der Waals surface area contributed by atoms with E-state index in [2.05, 4.69) is 10.0 Å². The standard InChI is InChI=1S/C17H20N2O3S/c1-12(2)16-6-4-5-7-17(16)19-23(21,22)15-10-8-14(9-11-15)18-13(3)20/h4-12,19H,1-3H3,(H,18,20). The lowest BCUT2D eigenvalue weighted by molar-refractivity contribution is -0.114. The molecule has 1 amide bonds. The van der Waals surface area contributed by atoms with Crippen molar-refractivity contribution >= 4 is 27.3 Å². The summed E-state index contributed by atoms with van der Waals surface area (Å²) in [4.78, 5) is 11.1. The molecule has 0 saturated heterocycles. The fraction of sp³-hybridized carbons (Fsp3) is 0.235. The van der Waals surface area contributed by atoms with E-state index in [0.717, 1.165) is 5.56 Å². The Morgan fingerprint density at radius 2 is 1.61 bits per heavy atom. The number of para-hydroxylation sites is 1. The molecule has 0 atom stereocenters. The molecule has 23 heavy (non-hydrogen) atoms. The van der Waals surface area contributed by atoms with E-state index >= 15 is 0 Å². The van der Waals surface area contributed by atoms with Gasteiger partial charge in [-0.3, -0.25) is 9.52 Å². The molecule has 2 rings (SSSR count). The predicted molar refractivity (Wildman–Crippen MR) is 92.1 cm³/mol. The molecule has 0 aliphatic rings. The van der Waals surface area contributed by atoms with Gasteiger partial charge in [0.15, 0.2) is 0 Å². The van der Waals surface area contributed by atoms with E-state index in [4.69, 9.17) is 0 Å². The summed E-state index contributed by atoms with van der Waals surface area (Å²) in [5.41, 5.74) is 2.07. The van der Waals surface area contributed by atoms with Crippen LogP contribution in [0.15, 0.2) is 53.4 Å². The Hall–Kier alpha value is -2.34. The molecule has 0 radical (unpaired) electrons. The molecule has 0 unspecified atom stereocenters. The molecule has 0 aromatic heterocycles. The first kappa shape index (κ1) is 17.0. The highest BCUT2D eigenvalue weighted by Crippen LogP contribution is 2.26. The summed E-state index contributed by atoms with van der Waals surface area (Å²) in [6.45, 7) is 5.42. The van der Waals surface area contributed by atoms with Gasteiger partial charge in [0.05, 0.1) is 10.6 Å². The molecule has 0 spiro atoms. The third-order valence-electron chi connectivity index (χ3n) is 3.31. The number of rotatable bonds is 5. The third kappa shape index (κ3) is 4.32. The monoisotopic (exact) mass is 332 g/mol. The van der Waals surface area contributed by atoms with Crippen molar-refractivity contribution < 1.29 is 13.2 Å². The van der Waals surface area contributed by atoms with Gasteiger partial charge in [-0.15, -0.1) is 0 Å². The summed E-state index contributed by atoms with van der Waals surface area (Å²) in [6.07, 6.45) is 0. The maximum absolute atomic E-state index is 12.5. The lowest BCUT2D eigenvalue weighted by Crippen LogP contribution is -2.14. The van der Waals surface area contributed by atoms with E-state index in [1.165, 1.54) is 19.1 Å². The zero-order chi connectivity index (χ0) is 17.0. The van der Waals surface area contributed by atoms with Crippen LogP contribution in [0.4, 0.5) is 11.4 Å². The first-order chi connectivity index (χ1) is 10.8. The second kappa shape index (κ2) is 6.83. The van der Waals surface area contributed by atoms with Crippen molar-refractivity contribution in [2.24, 2.45) is 0 Å². The summed E-state index contributed by atoms with van der Waals surface area (Å²) < 4.78 is 27.7. The molecule has 0 bridgehead atoms. The molecule has 0 aliphatic carbocycles. The summed E-state index contributed by atoms with van der Waals surface area (Å²) in [7, 11) is -3.68. The number of amides is 1. The Morgan fingerprint density at radius 1 is 1.00 bits per heavy atom. The van der Waals surface area contributed by atoms with Crippen molar-refractivity contribution in [1.82, 2.24) is 0 Å². The molecule has 122 valence electrons. The average Bonchev–Trinajstić information content (AvgIpc) is 2.47. The Bertz CT molecular complexity index is 797. The number of carbonyl (C=O) groups is 1. The van der Waals surface area contributed by atoms with Crippen LogP contribution in [0.1, 0.15) is 32.3 Å². The number of anilines is 2. The molecule has 2 N–H and O–H groups in total. The van der Waals surface area contributed by atoms with Crippen LogP contribution in [-0.4, -0.2) is 14.3 Å². The van der Waals surface area contributed by atoms with Gasteiger partial charge in [-0.2, -0.15) is 0 Å². The predicted octanol–water partition coefficient (Wildman–Crippen LogP) is 3.57. The van der Waals surface area contributed by atoms with E-state index in [-0.39, 0.29) is 16.7 Å². The number of sulfonamides is 1. The Balaban J connectivity index is 2.27. The van der Waals surface area contributed by atoms with Crippen LogP contribution in [0.5, 0.6) is 0 Å². The van der Waals surface area contributed by atoms with Crippen molar-refractivity contribution in [3.63, 3.8) is 0 Å². The van der Waals surface area contributed by atoms with Gasteiger partial charge in [0.1, 0.15) is 0 Å². The second-order valence-electron chi connectivity index (χ2n) is 5.55. The molecular weight excluding hydrogens is 312 g/mol. The average molecular weight is 332 g/mol. The summed E-state index contributed by atoms with van der Waals surface area (Å²) in [5.74, 6) is 0.000588. The Kier molecular flexibility index (Phi) is 5.05. The van der Waals surface area contributed by atoms with Crippen molar-refractivity contribution in [3.05, 3.63) is 54.1 Å². The van der Waals surface area contributed by atoms with Crippen LogP contribution in [0.2, 0.25) is 0 Å². The summed E-state index contributed by atoms with van der Waals surface area (Å²) in [5, 5.41) is 2.60. The van der Waals surface area contributed by atoms with Gasteiger partial charge in [0.2, 0.25) is 5.91 Å². The van der Waals surface area contributed by atoms with E-state index in [1.807, 2.05) is 26.0 Å². The van der Waals surface area contributed by atoms with Crippen LogP contribution in [0.25, 0.3) is 0 Å². The fourth-order valence-corrected chi connectivity index (χ4v) is 3.31. The molecule has 0 aliphatic heterocycles. The Morgan fingerprint density at radius 3 is 2.17 bits per heavy atom. The van der Waals surface area contributed by atoms with E-state index < -0.39 is 10.0 Å². The summed E-state index contributed by atoms with van der Waals surface area (Å²) in [6, 6.07) is 13.4.